The topological polar surface area (TPSA) is 92.4 Å². The Kier molecular flexibility index (Phi) is 6.00. The summed E-state index contributed by atoms with van der Waals surface area (Å²) < 4.78 is 0. The van der Waals surface area contributed by atoms with E-state index in [9.17, 15) is 9.59 Å². The highest BCUT2D eigenvalue weighted by Gasteiger charge is 2.29. The third kappa shape index (κ3) is 7.15. The van der Waals surface area contributed by atoms with Crippen molar-refractivity contribution in [1.29, 1.82) is 0 Å². The Morgan fingerprint density at radius 1 is 1.16 bits per heavy atom. The number of carboxylic acids is 1. The van der Waals surface area contributed by atoms with Crippen molar-refractivity contribution in [2.45, 2.75) is 54.0 Å². The van der Waals surface area contributed by atoms with Crippen molar-refractivity contribution < 1.29 is 14.7 Å². The van der Waals surface area contributed by atoms with E-state index >= 15 is 0 Å². The second-order valence-corrected chi connectivity index (χ2v) is 7.39. The molecule has 0 aliphatic carbocycles. The van der Waals surface area contributed by atoms with E-state index in [1.165, 1.54) is 0 Å². The van der Waals surface area contributed by atoms with Gasteiger partial charge in [0.15, 0.2) is 0 Å². The summed E-state index contributed by atoms with van der Waals surface area (Å²) in [4.78, 5) is 23.0. The van der Waals surface area contributed by atoms with Gasteiger partial charge in [0.25, 0.3) is 0 Å². The molecule has 0 bridgehead atoms. The zero-order chi connectivity index (χ0) is 15.4. The van der Waals surface area contributed by atoms with E-state index in [0.717, 1.165) is 0 Å². The summed E-state index contributed by atoms with van der Waals surface area (Å²) in [6, 6.07) is -0.642. The third-order valence-corrected chi connectivity index (χ3v) is 2.95. The van der Waals surface area contributed by atoms with Crippen LogP contribution in [0, 0.1) is 16.7 Å². The number of carbonyl (C=O) groups excluding carboxylic acids is 1. The lowest BCUT2D eigenvalue weighted by Gasteiger charge is -2.27. The third-order valence-electron chi connectivity index (χ3n) is 2.95. The van der Waals surface area contributed by atoms with Crippen LogP contribution in [0.25, 0.3) is 0 Å². The van der Waals surface area contributed by atoms with Gasteiger partial charge in [-0.05, 0) is 17.3 Å². The SMILES string of the molecule is CC(C)(C)CC(CNC(=O)[C@H](N)C(C)(C)C)C(=O)O. The van der Waals surface area contributed by atoms with Crippen molar-refractivity contribution in [2.75, 3.05) is 6.54 Å². The van der Waals surface area contributed by atoms with Crippen molar-refractivity contribution in [2.24, 2.45) is 22.5 Å². The number of nitrogens with two attached hydrogens (primary N) is 1. The molecule has 0 rings (SSSR count). The maximum absolute atomic E-state index is 11.9. The molecule has 0 fully saturated rings. The highest BCUT2D eigenvalue weighted by Crippen LogP contribution is 2.24. The van der Waals surface area contributed by atoms with Crippen molar-refractivity contribution >= 4 is 11.9 Å². The molecule has 4 N–H and O–H groups in total. The average Bonchev–Trinajstić information content (AvgIpc) is 2.19. The normalized spacial score (nSPS) is 15.7. The van der Waals surface area contributed by atoms with Crippen LogP contribution in [0.3, 0.4) is 0 Å². The van der Waals surface area contributed by atoms with Crippen molar-refractivity contribution in [1.82, 2.24) is 5.32 Å². The molecule has 0 saturated carbocycles. The second-order valence-electron chi connectivity index (χ2n) is 7.39. The van der Waals surface area contributed by atoms with Gasteiger partial charge in [-0.15, -0.1) is 0 Å². The van der Waals surface area contributed by atoms with Crippen LogP contribution in [0.1, 0.15) is 48.0 Å². The van der Waals surface area contributed by atoms with Crippen molar-refractivity contribution in [3.63, 3.8) is 0 Å². The van der Waals surface area contributed by atoms with Crippen LogP contribution in [0.5, 0.6) is 0 Å². The summed E-state index contributed by atoms with van der Waals surface area (Å²) in [5.74, 6) is -1.77. The molecule has 0 aromatic rings. The van der Waals surface area contributed by atoms with Crippen LogP contribution in [-0.4, -0.2) is 29.6 Å². The number of hydrogen-bond acceptors (Lipinski definition) is 3. The summed E-state index contributed by atoms with van der Waals surface area (Å²) >= 11 is 0. The summed E-state index contributed by atoms with van der Waals surface area (Å²) in [5.41, 5.74) is 5.39. The van der Waals surface area contributed by atoms with Crippen molar-refractivity contribution in [3.05, 3.63) is 0 Å². The molecule has 0 heterocycles. The number of rotatable bonds is 5. The first kappa shape index (κ1) is 17.9. The molecule has 1 unspecified atom stereocenters. The first-order valence-corrected chi connectivity index (χ1v) is 6.60. The van der Waals surface area contributed by atoms with Gasteiger partial charge in [-0.25, -0.2) is 0 Å². The minimum Gasteiger partial charge on any atom is -0.481 e. The number of amides is 1. The van der Waals surface area contributed by atoms with E-state index in [2.05, 4.69) is 5.32 Å². The van der Waals surface area contributed by atoms with Crippen LogP contribution < -0.4 is 11.1 Å². The van der Waals surface area contributed by atoms with E-state index in [1.807, 2.05) is 41.5 Å². The number of carboxylic acid groups (broad SMARTS) is 1. The predicted molar refractivity (Wildman–Crippen MR) is 75.6 cm³/mol. The number of nitrogens with one attached hydrogen (secondary N) is 1. The smallest absolute Gasteiger partial charge is 0.308 e. The van der Waals surface area contributed by atoms with Gasteiger partial charge >= 0.3 is 5.97 Å². The molecule has 0 aliphatic heterocycles. The highest BCUT2D eigenvalue weighted by atomic mass is 16.4. The molecule has 112 valence electrons. The molecule has 0 aromatic carbocycles. The van der Waals surface area contributed by atoms with Crippen LogP contribution in [0.4, 0.5) is 0 Å². The Morgan fingerprint density at radius 3 is 1.95 bits per heavy atom. The number of aliphatic carboxylic acids is 1. The summed E-state index contributed by atoms with van der Waals surface area (Å²) in [6.07, 6.45) is 0.507. The summed E-state index contributed by atoms with van der Waals surface area (Å²) in [5, 5.41) is 11.8. The molecule has 0 radical (unpaired) electrons. The monoisotopic (exact) mass is 272 g/mol. The fraction of sp³-hybridized carbons (Fsp3) is 0.857. The maximum Gasteiger partial charge on any atom is 0.308 e. The Morgan fingerprint density at radius 2 is 1.63 bits per heavy atom. The Labute approximate surface area is 115 Å². The summed E-state index contributed by atoms with van der Waals surface area (Å²) in [7, 11) is 0. The largest absolute Gasteiger partial charge is 0.481 e. The van der Waals surface area contributed by atoms with Gasteiger partial charge in [-0.1, -0.05) is 41.5 Å². The van der Waals surface area contributed by atoms with Gasteiger partial charge in [0.1, 0.15) is 0 Å². The maximum atomic E-state index is 11.9. The molecule has 19 heavy (non-hydrogen) atoms. The van der Waals surface area contributed by atoms with E-state index in [4.69, 9.17) is 10.8 Å². The van der Waals surface area contributed by atoms with Crippen LogP contribution in [0.2, 0.25) is 0 Å². The van der Waals surface area contributed by atoms with E-state index in [0.29, 0.717) is 6.42 Å². The first-order valence-electron chi connectivity index (χ1n) is 6.60. The zero-order valence-electron chi connectivity index (χ0n) is 12.9. The lowest BCUT2D eigenvalue weighted by atomic mass is 9.84. The van der Waals surface area contributed by atoms with Gasteiger partial charge in [0.2, 0.25) is 5.91 Å². The molecular formula is C14H28N2O3. The Balaban J connectivity index is 4.50. The lowest BCUT2D eigenvalue weighted by molar-refractivity contribution is -0.142. The van der Waals surface area contributed by atoms with E-state index < -0.39 is 17.9 Å². The molecule has 0 spiro atoms. The molecule has 2 atom stereocenters. The standard InChI is InChI=1S/C14H28N2O3/c1-13(2,3)7-9(12(18)19)8-16-11(17)10(15)14(4,5)6/h9-10H,7-8,15H2,1-6H3,(H,16,17)(H,18,19)/t9?,10-/m0/s1. The Bertz CT molecular complexity index is 327. The molecule has 0 aliphatic rings. The van der Waals surface area contributed by atoms with Gasteiger partial charge in [0.05, 0.1) is 12.0 Å². The first-order chi connectivity index (χ1) is 8.34. The minimum atomic E-state index is -0.889. The number of hydrogen-bond donors (Lipinski definition) is 3. The van der Waals surface area contributed by atoms with Gasteiger partial charge in [0, 0.05) is 6.54 Å². The van der Waals surface area contributed by atoms with Crippen LogP contribution >= 0.6 is 0 Å². The average molecular weight is 272 g/mol. The van der Waals surface area contributed by atoms with Crippen LogP contribution in [0.15, 0.2) is 0 Å². The molecule has 0 aromatic heterocycles. The van der Waals surface area contributed by atoms with Crippen molar-refractivity contribution in [3.8, 4) is 0 Å². The predicted octanol–water partition coefficient (Wildman–Crippen LogP) is 1.61. The number of carbonyl (C=O) groups is 2. The van der Waals surface area contributed by atoms with Gasteiger partial charge < -0.3 is 16.2 Å². The summed E-state index contributed by atoms with van der Waals surface area (Å²) in [6.45, 7) is 11.7. The van der Waals surface area contributed by atoms with E-state index in [1.54, 1.807) is 0 Å². The molecule has 1 amide bonds. The van der Waals surface area contributed by atoms with Gasteiger partial charge in [-0.3, -0.25) is 9.59 Å². The minimum absolute atomic E-state index is 0.0973. The second kappa shape index (κ2) is 6.37. The fourth-order valence-corrected chi connectivity index (χ4v) is 1.71. The quantitative estimate of drug-likeness (QED) is 0.709. The Hall–Kier alpha value is -1.10. The van der Waals surface area contributed by atoms with E-state index in [-0.39, 0.29) is 23.3 Å². The molecule has 5 nitrogen and oxygen atoms in total. The highest BCUT2D eigenvalue weighted by molar-refractivity contribution is 5.83. The lowest BCUT2D eigenvalue weighted by Crippen LogP contribution is -2.50. The van der Waals surface area contributed by atoms with Crippen LogP contribution in [-0.2, 0) is 9.59 Å². The molecule has 5 heteroatoms. The zero-order valence-corrected chi connectivity index (χ0v) is 12.9. The fourth-order valence-electron chi connectivity index (χ4n) is 1.71. The molecule has 0 saturated heterocycles. The molecular weight excluding hydrogens is 244 g/mol. The van der Waals surface area contributed by atoms with Gasteiger partial charge in [-0.2, -0.15) is 0 Å².